The molecule has 3 N–H and O–H groups in total. The highest BCUT2D eigenvalue weighted by molar-refractivity contribution is 5.89. The summed E-state index contributed by atoms with van der Waals surface area (Å²) in [6, 6.07) is 0.0299. The van der Waals surface area contributed by atoms with Crippen molar-refractivity contribution in [1.82, 2.24) is 20.6 Å². The number of carbonyl (C=O) groups excluding carboxylic acids is 1. The molecule has 3 fully saturated rings. The van der Waals surface area contributed by atoms with E-state index >= 15 is 0 Å². The lowest BCUT2D eigenvalue weighted by molar-refractivity contribution is 0.0378. The summed E-state index contributed by atoms with van der Waals surface area (Å²) in [5, 5.41) is 9.36. The molecule has 8 heteroatoms. The molecule has 1 aromatic heterocycles. The molecule has 2 saturated heterocycles. The second-order valence-electron chi connectivity index (χ2n) is 7.45. The van der Waals surface area contributed by atoms with E-state index < -0.39 is 0 Å². The van der Waals surface area contributed by atoms with E-state index in [9.17, 15) is 4.79 Å². The van der Waals surface area contributed by atoms with Crippen LogP contribution in [0.2, 0.25) is 0 Å². The number of piperazine rings is 1. The average molecular weight is 360 g/mol. The van der Waals surface area contributed by atoms with Crippen LogP contribution in [0.3, 0.4) is 0 Å². The van der Waals surface area contributed by atoms with Crippen molar-refractivity contribution in [2.24, 2.45) is 11.8 Å². The molecule has 2 unspecified atom stereocenters. The lowest BCUT2D eigenvalue weighted by Gasteiger charge is -2.31. The van der Waals surface area contributed by atoms with Crippen molar-refractivity contribution < 1.29 is 9.53 Å². The highest BCUT2D eigenvalue weighted by atomic mass is 16.5. The molecule has 1 saturated carbocycles. The third-order valence-corrected chi connectivity index (χ3v) is 5.43. The van der Waals surface area contributed by atoms with Gasteiger partial charge in [0, 0.05) is 44.7 Å². The Morgan fingerprint density at radius 2 is 1.96 bits per heavy atom. The van der Waals surface area contributed by atoms with Gasteiger partial charge in [0.25, 0.3) is 0 Å². The minimum Gasteiger partial charge on any atom is -0.381 e. The normalized spacial score (nSPS) is 24.8. The minimum atomic E-state index is -0.175. The molecule has 2 amide bonds. The maximum atomic E-state index is 12.4. The van der Waals surface area contributed by atoms with Crippen LogP contribution in [0.1, 0.15) is 25.7 Å². The second-order valence-corrected chi connectivity index (χ2v) is 7.45. The van der Waals surface area contributed by atoms with Crippen LogP contribution in [0.25, 0.3) is 0 Å². The molecule has 0 aromatic carbocycles. The Kier molecular flexibility index (Phi) is 5.50. The summed E-state index contributed by atoms with van der Waals surface area (Å²) in [6.45, 7) is 5.29. The number of carbonyl (C=O) groups is 1. The van der Waals surface area contributed by atoms with Gasteiger partial charge in [0.15, 0.2) is 0 Å². The SMILES string of the molecule is O=C(Nc1cnc(N2CCNCC2)nc1)NC(C1CC1)C1CCCOC1. The van der Waals surface area contributed by atoms with Gasteiger partial charge in [-0.2, -0.15) is 0 Å². The molecule has 142 valence electrons. The predicted octanol–water partition coefficient (Wildman–Crippen LogP) is 1.21. The molecule has 3 aliphatic rings. The molecule has 0 radical (unpaired) electrons. The highest BCUT2D eigenvalue weighted by Gasteiger charge is 2.38. The van der Waals surface area contributed by atoms with Gasteiger partial charge in [-0.3, -0.25) is 0 Å². The van der Waals surface area contributed by atoms with E-state index in [1.165, 1.54) is 12.8 Å². The van der Waals surface area contributed by atoms with E-state index in [1.807, 2.05) is 0 Å². The first-order chi connectivity index (χ1) is 12.8. The summed E-state index contributed by atoms with van der Waals surface area (Å²) < 4.78 is 5.61. The van der Waals surface area contributed by atoms with Gasteiger partial charge in [-0.1, -0.05) is 0 Å². The van der Waals surface area contributed by atoms with Crippen LogP contribution < -0.4 is 20.9 Å². The van der Waals surface area contributed by atoms with Crippen molar-refractivity contribution >= 4 is 17.7 Å². The lowest BCUT2D eigenvalue weighted by Crippen LogP contribution is -2.46. The monoisotopic (exact) mass is 360 g/mol. The summed E-state index contributed by atoms with van der Waals surface area (Å²) in [5.41, 5.74) is 0.621. The fraction of sp³-hybridized carbons (Fsp3) is 0.722. The van der Waals surface area contributed by atoms with Gasteiger partial charge in [-0.25, -0.2) is 14.8 Å². The third kappa shape index (κ3) is 4.42. The van der Waals surface area contributed by atoms with Crippen molar-refractivity contribution in [3.8, 4) is 0 Å². The molecule has 1 aliphatic carbocycles. The van der Waals surface area contributed by atoms with Crippen LogP contribution in [0.4, 0.5) is 16.4 Å². The van der Waals surface area contributed by atoms with E-state index in [0.29, 0.717) is 23.5 Å². The van der Waals surface area contributed by atoms with Gasteiger partial charge >= 0.3 is 6.03 Å². The molecule has 1 aromatic rings. The first kappa shape index (κ1) is 17.5. The largest absolute Gasteiger partial charge is 0.381 e. The van der Waals surface area contributed by atoms with Crippen LogP contribution in [-0.4, -0.2) is 61.4 Å². The summed E-state index contributed by atoms with van der Waals surface area (Å²) in [4.78, 5) is 23.4. The van der Waals surface area contributed by atoms with Crippen LogP contribution in [-0.2, 0) is 4.74 Å². The molecule has 4 rings (SSSR count). The molecule has 26 heavy (non-hydrogen) atoms. The number of aromatic nitrogens is 2. The number of anilines is 2. The minimum absolute atomic E-state index is 0.175. The van der Waals surface area contributed by atoms with E-state index in [2.05, 4.69) is 30.8 Å². The van der Waals surface area contributed by atoms with Crippen molar-refractivity contribution in [3.05, 3.63) is 12.4 Å². The quantitative estimate of drug-likeness (QED) is 0.731. The van der Waals surface area contributed by atoms with Gasteiger partial charge in [-0.05, 0) is 31.6 Å². The van der Waals surface area contributed by atoms with Gasteiger partial charge in [0.05, 0.1) is 24.7 Å². The van der Waals surface area contributed by atoms with Gasteiger partial charge < -0.3 is 25.6 Å². The zero-order valence-electron chi connectivity index (χ0n) is 15.1. The number of rotatable bonds is 5. The van der Waals surface area contributed by atoms with Crippen molar-refractivity contribution in [1.29, 1.82) is 0 Å². The maximum absolute atomic E-state index is 12.4. The molecule has 0 bridgehead atoms. The Hall–Kier alpha value is -1.93. The maximum Gasteiger partial charge on any atom is 0.319 e. The summed E-state index contributed by atoms with van der Waals surface area (Å²) in [6.07, 6.45) is 7.97. The van der Waals surface area contributed by atoms with Gasteiger partial charge in [-0.15, -0.1) is 0 Å². The second kappa shape index (κ2) is 8.18. The van der Waals surface area contributed by atoms with E-state index in [1.54, 1.807) is 12.4 Å². The van der Waals surface area contributed by atoms with Crippen LogP contribution in [0, 0.1) is 11.8 Å². The first-order valence-corrected chi connectivity index (χ1v) is 9.72. The predicted molar refractivity (Wildman–Crippen MR) is 99.3 cm³/mol. The summed E-state index contributed by atoms with van der Waals surface area (Å²) in [7, 11) is 0. The van der Waals surface area contributed by atoms with Crippen LogP contribution in [0.15, 0.2) is 12.4 Å². The smallest absolute Gasteiger partial charge is 0.319 e. The number of urea groups is 1. The number of hydrogen-bond acceptors (Lipinski definition) is 6. The fourth-order valence-electron chi connectivity index (χ4n) is 3.86. The molecule has 2 atom stereocenters. The molecule has 0 spiro atoms. The number of nitrogens with one attached hydrogen (secondary N) is 3. The Morgan fingerprint density at radius 3 is 2.62 bits per heavy atom. The average Bonchev–Trinajstić information content (AvgIpc) is 3.53. The molecule has 8 nitrogen and oxygen atoms in total. The lowest BCUT2D eigenvalue weighted by atomic mass is 9.90. The van der Waals surface area contributed by atoms with Crippen LogP contribution >= 0.6 is 0 Å². The number of nitrogens with zero attached hydrogens (tertiary/aromatic N) is 3. The zero-order chi connectivity index (χ0) is 17.8. The number of ether oxygens (including phenoxy) is 1. The number of hydrogen-bond donors (Lipinski definition) is 3. The van der Waals surface area contributed by atoms with Crippen molar-refractivity contribution in [2.45, 2.75) is 31.7 Å². The van der Waals surface area contributed by atoms with Gasteiger partial charge in [0.2, 0.25) is 5.95 Å². The van der Waals surface area contributed by atoms with E-state index in [0.717, 1.165) is 52.2 Å². The van der Waals surface area contributed by atoms with Crippen molar-refractivity contribution in [2.75, 3.05) is 49.6 Å². The Labute approximate surface area is 154 Å². The molecular formula is C18H28N6O2. The molecular weight excluding hydrogens is 332 g/mol. The zero-order valence-corrected chi connectivity index (χ0v) is 15.1. The van der Waals surface area contributed by atoms with E-state index in [-0.39, 0.29) is 12.1 Å². The standard InChI is InChI=1S/C18H28N6O2/c25-18(23-16(13-3-4-13)14-2-1-9-26-12-14)22-15-10-20-17(21-11-15)24-7-5-19-6-8-24/h10-11,13-14,16,19H,1-9,12H2,(H2,22,23,25). The van der Waals surface area contributed by atoms with Gasteiger partial charge in [0.1, 0.15) is 0 Å². The summed E-state index contributed by atoms with van der Waals surface area (Å²) in [5.74, 6) is 1.74. The molecule has 2 aliphatic heterocycles. The van der Waals surface area contributed by atoms with Crippen LogP contribution in [0.5, 0.6) is 0 Å². The first-order valence-electron chi connectivity index (χ1n) is 9.72. The van der Waals surface area contributed by atoms with E-state index in [4.69, 9.17) is 4.74 Å². The fourth-order valence-corrected chi connectivity index (χ4v) is 3.86. The molecule has 3 heterocycles. The Bertz CT molecular complexity index is 594. The Balaban J connectivity index is 1.31. The topological polar surface area (TPSA) is 91.4 Å². The Morgan fingerprint density at radius 1 is 1.19 bits per heavy atom. The highest BCUT2D eigenvalue weighted by Crippen LogP contribution is 2.38. The number of amides is 2. The summed E-state index contributed by atoms with van der Waals surface area (Å²) >= 11 is 0. The van der Waals surface area contributed by atoms with Crippen molar-refractivity contribution in [3.63, 3.8) is 0 Å². The third-order valence-electron chi connectivity index (χ3n) is 5.43.